The van der Waals surface area contributed by atoms with Gasteiger partial charge in [-0.3, -0.25) is 15.1 Å². The normalized spacial score (nSPS) is 18.6. The van der Waals surface area contributed by atoms with Gasteiger partial charge in [-0.05, 0) is 50.6 Å². The Kier molecular flexibility index (Phi) is 7.35. The number of amides is 2. The van der Waals surface area contributed by atoms with Gasteiger partial charge in [0, 0.05) is 43.1 Å². The molecule has 2 amide bonds. The van der Waals surface area contributed by atoms with Crippen LogP contribution in [0.2, 0.25) is 5.02 Å². The number of nitrogens with one attached hydrogen (secondary N) is 2. The monoisotopic (exact) mass is 512 g/mol. The Morgan fingerprint density at radius 1 is 1.22 bits per heavy atom. The number of aryl methyl sites for hydroxylation is 1. The van der Waals surface area contributed by atoms with Gasteiger partial charge in [-0.15, -0.1) is 0 Å². The SMILES string of the molecule is Cc1cc(C(=O)Nc2nc3ccc(OC(=O)N4CCOCC4)c(Cl)c3n2[C@@H]2CCCCNC2)ccn1. The second-order valence-electron chi connectivity index (χ2n) is 9.01. The van der Waals surface area contributed by atoms with E-state index < -0.39 is 6.09 Å². The van der Waals surface area contributed by atoms with E-state index in [0.29, 0.717) is 55.4 Å². The van der Waals surface area contributed by atoms with Gasteiger partial charge in [-0.2, -0.15) is 0 Å². The Labute approximate surface area is 213 Å². The largest absolute Gasteiger partial charge is 0.415 e. The quantitative estimate of drug-likeness (QED) is 0.547. The Balaban J connectivity index is 1.52. The summed E-state index contributed by atoms with van der Waals surface area (Å²) in [6.07, 6.45) is 4.12. The van der Waals surface area contributed by atoms with Crippen LogP contribution in [0.15, 0.2) is 30.5 Å². The van der Waals surface area contributed by atoms with Gasteiger partial charge in [0.25, 0.3) is 5.91 Å². The Morgan fingerprint density at radius 3 is 2.86 bits per heavy atom. The number of morpholine rings is 1. The van der Waals surface area contributed by atoms with Gasteiger partial charge in [0.2, 0.25) is 5.95 Å². The second kappa shape index (κ2) is 10.8. The topological polar surface area (TPSA) is 111 Å². The predicted molar refractivity (Wildman–Crippen MR) is 136 cm³/mol. The zero-order valence-corrected chi connectivity index (χ0v) is 20.9. The molecule has 0 spiro atoms. The summed E-state index contributed by atoms with van der Waals surface area (Å²) in [5.41, 5.74) is 2.47. The fraction of sp³-hybridized carbons (Fsp3) is 0.440. The lowest BCUT2D eigenvalue weighted by atomic mass is 10.1. The molecule has 0 radical (unpaired) electrons. The van der Waals surface area contributed by atoms with E-state index in [9.17, 15) is 9.59 Å². The summed E-state index contributed by atoms with van der Waals surface area (Å²) in [4.78, 5) is 36.3. The molecule has 2 fully saturated rings. The maximum Gasteiger partial charge on any atom is 0.415 e. The second-order valence-corrected chi connectivity index (χ2v) is 9.39. The summed E-state index contributed by atoms with van der Waals surface area (Å²) in [7, 11) is 0. The molecule has 2 aromatic heterocycles. The molecule has 3 aromatic rings. The summed E-state index contributed by atoms with van der Waals surface area (Å²) in [5, 5.41) is 6.72. The number of halogens is 1. The molecule has 11 heteroatoms. The van der Waals surface area contributed by atoms with Crippen molar-refractivity contribution in [1.29, 1.82) is 0 Å². The molecule has 190 valence electrons. The van der Waals surface area contributed by atoms with Crippen LogP contribution in [0.25, 0.3) is 11.0 Å². The molecule has 36 heavy (non-hydrogen) atoms. The van der Waals surface area contributed by atoms with Crippen molar-refractivity contribution in [1.82, 2.24) is 24.8 Å². The van der Waals surface area contributed by atoms with Gasteiger partial charge in [-0.25, -0.2) is 9.78 Å². The van der Waals surface area contributed by atoms with Crippen LogP contribution in [0.5, 0.6) is 5.75 Å². The zero-order chi connectivity index (χ0) is 25.1. The van der Waals surface area contributed by atoms with Crippen molar-refractivity contribution in [2.75, 3.05) is 44.7 Å². The number of carbonyl (C=O) groups is 2. The van der Waals surface area contributed by atoms with E-state index in [1.165, 1.54) is 0 Å². The summed E-state index contributed by atoms with van der Waals surface area (Å²) < 4.78 is 13.0. The fourth-order valence-electron chi connectivity index (χ4n) is 4.64. The number of nitrogens with zero attached hydrogens (tertiary/aromatic N) is 4. The number of anilines is 1. The summed E-state index contributed by atoms with van der Waals surface area (Å²) >= 11 is 6.85. The van der Waals surface area contributed by atoms with Crippen molar-refractivity contribution < 1.29 is 19.1 Å². The lowest BCUT2D eigenvalue weighted by Crippen LogP contribution is -2.42. The first kappa shape index (κ1) is 24.5. The molecule has 5 rings (SSSR count). The first-order valence-corrected chi connectivity index (χ1v) is 12.6. The lowest BCUT2D eigenvalue weighted by Gasteiger charge is -2.26. The Hall–Kier alpha value is -3.21. The van der Waals surface area contributed by atoms with Crippen LogP contribution in [0.3, 0.4) is 0 Å². The van der Waals surface area contributed by atoms with Crippen LogP contribution in [0.1, 0.15) is 41.4 Å². The maximum absolute atomic E-state index is 13.1. The van der Waals surface area contributed by atoms with Gasteiger partial charge in [-0.1, -0.05) is 18.0 Å². The highest BCUT2D eigenvalue weighted by atomic mass is 35.5. The number of carbonyl (C=O) groups excluding carboxylic acids is 2. The van der Waals surface area contributed by atoms with Crippen LogP contribution >= 0.6 is 11.6 Å². The number of fused-ring (bicyclic) bond motifs is 1. The number of rotatable bonds is 4. The van der Waals surface area contributed by atoms with Gasteiger partial charge < -0.3 is 24.3 Å². The minimum Gasteiger partial charge on any atom is -0.409 e. The minimum absolute atomic E-state index is 0.00895. The molecule has 2 saturated heterocycles. The molecule has 1 atom stereocenters. The number of hydrogen-bond donors (Lipinski definition) is 2. The minimum atomic E-state index is -0.469. The fourth-order valence-corrected chi connectivity index (χ4v) is 4.93. The smallest absolute Gasteiger partial charge is 0.409 e. The van der Waals surface area contributed by atoms with Crippen molar-refractivity contribution >= 4 is 40.6 Å². The average molecular weight is 513 g/mol. The van der Waals surface area contributed by atoms with E-state index in [1.54, 1.807) is 35.4 Å². The van der Waals surface area contributed by atoms with Crippen molar-refractivity contribution in [3.05, 3.63) is 46.7 Å². The van der Waals surface area contributed by atoms with Crippen LogP contribution in [-0.4, -0.2) is 70.8 Å². The van der Waals surface area contributed by atoms with Crippen LogP contribution in [-0.2, 0) is 4.74 Å². The summed E-state index contributed by atoms with van der Waals surface area (Å²) in [6, 6.07) is 6.80. The lowest BCUT2D eigenvalue weighted by molar-refractivity contribution is 0.0416. The third-order valence-electron chi connectivity index (χ3n) is 6.49. The number of hydrogen-bond acceptors (Lipinski definition) is 7. The number of aromatic nitrogens is 3. The van der Waals surface area contributed by atoms with Crippen LogP contribution in [0.4, 0.5) is 10.7 Å². The molecule has 0 unspecified atom stereocenters. The number of benzene rings is 1. The van der Waals surface area contributed by atoms with E-state index >= 15 is 0 Å². The van der Waals surface area contributed by atoms with E-state index in [2.05, 4.69) is 15.6 Å². The van der Waals surface area contributed by atoms with E-state index in [0.717, 1.165) is 31.5 Å². The first-order valence-electron chi connectivity index (χ1n) is 12.2. The molecule has 2 aliphatic rings. The molecule has 0 aliphatic carbocycles. The predicted octanol–water partition coefficient (Wildman–Crippen LogP) is 3.79. The summed E-state index contributed by atoms with van der Waals surface area (Å²) in [5.74, 6) is 0.372. The van der Waals surface area contributed by atoms with E-state index in [4.69, 9.17) is 26.1 Å². The van der Waals surface area contributed by atoms with Crippen molar-refractivity contribution in [2.24, 2.45) is 0 Å². The molecule has 10 nitrogen and oxygen atoms in total. The highest BCUT2D eigenvalue weighted by Crippen LogP contribution is 2.38. The third kappa shape index (κ3) is 5.16. The van der Waals surface area contributed by atoms with Crippen LogP contribution in [0, 0.1) is 6.92 Å². The van der Waals surface area contributed by atoms with Gasteiger partial charge in [0.1, 0.15) is 5.02 Å². The number of pyridine rings is 1. The Bertz CT molecular complexity index is 1260. The summed E-state index contributed by atoms with van der Waals surface area (Å²) in [6.45, 7) is 5.35. The highest BCUT2D eigenvalue weighted by molar-refractivity contribution is 6.36. The highest BCUT2D eigenvalue weighted by Gasteiger charge is 2.27. The van der Waals surface area contributed by atoms with Gasteiger partial charge >= 0.3 is 6.09 Å². The van der Waals surface area contributed by atoms with E-state index in [-0.39, 0.29) is 22.7 Å². The van der Waals surface area contributed by atoms with E-state index in [1.807, 2.05) is 11.5 Å². The molecule has 0 saturated carbocycles. The molecule has 1 aromatic carbocycles. The zero-order valence-electron chi connectivity index (χ0n) is 20.1. The molecular weight excluding hydrogens is 484 g/mol. The number of imidazole rings is 1. The van der Waals surface area contributed by atoms with Crippen LogP contribution < -0.4 is 15.4 Å². The van der Waals surface area contributed by atoms with Gasteiger partial charge in [0.15, 0.2) is 5.75 Å². The first-order chi connectivity index (χ1) is 17.5. The van der Waals surface area contributed by atoms with Crippen molar-refractivity contribution in [3.63, 3.8) is 0 Å². The Morgan fingerprint density at radius 2 is 2.06 bits per heavy atom. The molecule has 2 aliphatic heterocycles. The number of ether oxygens (including phenoxy) is 2. The maximum atomic E-state index is 13.1. The molecule has 0 bridgehead atoms. The van der Waals surface area contributed by atoms with Crippen molar-refractivity contribution in [3.8, 4) is 5.75 Å². The third-order valence-corrected chi connectivity index (χ3v) is 6.86. The average Bonchev–Trinajstić information content (AvgIpc) is 3.05. The van der Waals surface area contributed by atoms with Crippen molar-refractivity contribution in [2.45, 2.75) is 32.2 Å². The molecule has 4 heterocycles. The van der Waals surface area contributed by atoms with Gasteiger partial charge in [0.05, 0.1) is 24.2 Å². The molecule has 2 N–H and O–H groups in total. The molecular formula is C25H29ClN6O4. The standard InChI is InChI=1S/C25H29ClN6O4/c1-16-14-17(7-9-28-16)23(33)30-24-29-19-5-6-20(36-25(34)31-10-12-35-13-11-31)21(26)22(19)32(24)18-4-2-3-8-27-15-18/h5-7,9,14,18,27H,2-4,8,10-13,15H2,1H3,(H,29,30,33)/t18-/m1/s1.